The highest BCUT2D eigenvalue weighted by Gasteiger charge is 2.70. The summed E-state index contributed by atoms with van der Waals surface area (Å²) in [5, 5.41) is 18.5. The van der Waals surface area contributed by atoms with Crippen LogP contribution >= 0.6 is 0 Å². The molecule has 5 rings (SSSR count). The van der Waals surface area contributed by atoms with Crippen LogP contribution in [0, 0.1) is 39.9 Å². The molecule has 2 saturated carbocycles. The van der Waals surface area contributed by atoms with E-state index in [9.17, 15) is 24.4 Å². The molecule has 226 valence electrons. The molecule has 0 bridgehead atoms. The van der Waals surface area contributed by atoms with Crippen LogP contribution < -0.4 is 20.7 Å². The molecule has 1 aromatic rings. The van der Waals surface area contributed by atoms with E-state index >= 15 is 0 Å². The van der Waals surface area contributed by atoms with Gasteiger partial charge in [0.15, 0.2) is 6.10 Å². The van der Waals surface area contributed by atoms with Gasteiger partial charge in [-0.1, -0.05) is 46.8 Å². The third-order valence-corrected chi connectivity index (χ3v) is 9.59. The molecular formula is C31H41N5O6. The number of fused-ring (bicyclic) bond motifs is 2. The van der Waals surface area contributed by atoms with Gasteiger partial charge >= 0.3 is 0 Å². The highest BCUT2D eigenvalue weighted by atomic mass is 16.5. The highest BCUT2D eigenvalue weighted by molar-refractivity contribution is 5.98. The minimum absolute atomic E-state index is 0.0505. The number of carbonyl (C=O) groups is 4. The van der Waals surface area contributed by atoms with Gasteiger partial charge < -0.3 is 30.3 Å². The Morgan fingerprint density at radius 3 is 2.52 bits per heavy atom. The van der Waals surface area contributed by atoms with Crippen LogP contribution in [0.25, 0.3) is 0 Å². The summed E-state index contributed by atoms with van der Waals surface area (Å²) in [5.74, 6) is -0.975. The third kappa shape index (κ3) is 5.44. The van der Waals surface area contributed by atoms with Crippen molar-refractivity contribution < 1.29 is 28.7 Å². The van der Waals surface area contributed by atoms with Crippen molar-refractivity contribution in [2.45, 2.75) is 84.2 Å². The first-order chi connectivity index (χ1) is 19.8. The topological polar surface area (TPSA) is 150 Å². The summed E-state index contributed by atoms with van der Waals surface area (Å²) in [5.41, 5.74) is -0.189. The zero-order valence-electron chi connectivity index (χ0n) is 25.1. The highest BCUT2D eigenvalue weighted by Crippen LogP contribution is 2.65. The van der Waals surface area contributed by atoms with E-state index < -0.39 is 41.5 Å². The average Bonchev–Trinajstić information content (AvgIpc) is 3.21. The number of piperidine rings is 1. The number of nitrogens with one attached hydrogen (secondary N) is 3. The number of hydrogen-bond acceptors (Lipinski definition) is 7. The Labute approximate surface area is 246 Å². The quantitative estimate of drug-likeness (QED) is 0.427. The molecule has 1 saturated heterocycles. The Bertz CT molecular complexity index is 1310. The van der Waals surface area contributed by atoms with Gasteiger partial charge in [0.05, 0.1) is 17.9 Å². The number of nitrogens with zero attached hydrogens (tertiary/aromatic N) is 2. The molecule has 2 heterocycles. The van der Waals surface area contributed by atoms with Crippen LogP contribution in [0.3, 0.4) is 0 Å². The van der Waals surface area contributed by atoms with Crippen LogP contribution in [0.2, 0.25) is 0 Å². The standard InChI is InChI=1S/C31H41N5O6/c1-30(2,3)25(35-26(37)16-11-18(12-16)41-6)29(40)36-15-19-23(31(19,4)5)24(36)28(39)33-17(14-32)13-22-27(38)34-20-9-7-8-10-21(20)42-22/h7-10,16-19,22-25H,11-13,15H2,1-6H3,(H,33,39)(H,34,38)(H,35,37)/t16?,17-,18?,19-,22-,23-,24-,25+/m0/s1. The van der Waals surface area contributed by atoms with Gasteiger partial charge in [-0.2, -0.15) is 5.26 Å². The van der Waals surface area contributed by atoms with Crippen LogP contribution in [-0.4, -0.2) is 72.5 Å². The van der Waals surface area contributed by atoms with Crippen LogP contribution in [0.4, 0.5) is 5.69 Å². The minimum Gasteiger partial charge on any atom is -0.478 e. The fourth-order valence-electron chi connectivity index (χ4n) is 6.72. The Morgan fingerprint density at radius 2 is 1.88 bits per heavy atom. The lowest BCUT2D eigenvalue weighted by molar-refractivity contribution is -0.147. The summed E-state index contributed by atoms with van der Waals surface area (Å²) in [6.07, 6.45) is 0.277. The normalized spacial score (nSPS) is 30.2. The van der Waals surface area contributed by atoms with Crippen LogP contribution in [0.15, 0.2) is 24.3 Å². The van der Waals surface area contributed by atoms with Crippen molar-refractivity contribution in [3.63, 3.8) is 0 Å². The first kappa shape index (κ1) is 29.8. The van der Waals surface area contributed by atoms with E-state index in [4.69, 9.17) is 9.47 Å². The molecule has 2 aliphatic heterocycles. The van der Waals surface area contributed by atoms with Gasteiger partial charge in [0.2, 0.25) is 17.7 Å². The van der Waals surface area contributed by atoms with Gasteiger partial charge in [-0.25, -0.2) is 0 Å². The zero-order chi connectivity index (χ0) is 30.6. The van der Waals surface area contributed by atoms with E-state index in [0.29, 0.717) is 30.8 Å². The molecule has 0 aromatic heterocycles. The predicted octanol–water partition coefficient (Wildman–Crippen LogP) is 2.22. The molecule has 0 spiro atoms. The smallest absolute Gasteiger partial charge is 0.265 e. The van der Waals surface area contributed by atoms with Crippen molar-refractivity contribution in [1.82, 2.24) is 15.5 Å². The number of methoxy groups -OCH3 is 1. The fourth-order valence-corrected chi connectivity index (χ4v) is 6.72. The maximum Gasteiger partial charge on any atom is 0.265 e. The summed E-state index contributed by atoms with van der Waals surface area (Å²) in [7, 11) is 1.62. The van der Waals surface area contributed by atoms with Gasteiger partial charge in [-0.3, -0.25) is 19.2 Å². The Balaban J connectivity index is 1.29. The minimum atomic E-state index is -1.01. The summed E-state index contributed by atoms with van der Waals surface area (Å²) in [4.78, 5) is 55.1. The second-order valence-corrected chi connectivity index (χ2v) is 13.7. The van der Waals surface area contributed by atoms with E-state index in [2.05, 4.69) is 35.9 Å². The molecular weight excluding hydrogens is 538 g/mol. The van der Waals surface area contributed by atoms with Crippen LogP contribution in [0.1, 0.15) is 53.9 Å². The number of ether oxygens (including phenoxy) is 2. The Morgan fingerprint density at radius 1 is 1.19 bits per heavy atom. The lowest BCUT2D eigenvalue weighted by Gasteiger charge is -2.40. The third-order valence-electron chi connectivity index (χ3n) is 9.59. The lowest BCUT2D eigenvalue weighted by Crippen LogP contribution is -2.61. The van der Waals surface area contributed by atoms with Crippen molar-refractivity contribution in [2.24, 2.45) is 28.6 Å². The first-order valence-corrected chi connectivity index (χ1v) is 14.7. The fraction of sp³-hybridized carbons (Fsp3) is 0.645. The van der Waals surface area contributed by atoms with Crippen molar-refractivity contribution >= 4 is 29.3 Å². The van der Waals surface area contributed by atoms with Gasteiger partial charge in [-0.15, -0.1) is 0 Å². The van der Waals surface area contributed by atoms with E-state index in [1.165, 1.54) is 0 Å². The number of nitriles is 1. The number of para-hydroxylation sites is 2. The second kappa shape index (κ2) is 10.9. The first-order valence-electron chi connectivity index (χ1n) is 14.7. The van der Waals surface area contributed by atoms with Crippen LogP contribution in [-0.2, 0) is 23.9 Å². The maximum atomic E-state index is 14.1. The molecule has 3 fully saturated rings. The molecule has 2 aliphatic carbocycles. The van der Waals surface area contributed by atoms with Crippen molar-refractivity contribution in [1.29, 1.82) is 5.26 Å². The molecule has 4 amide bonds. The second-order valence-electron chi connectivity index (χ2n) is 13.7. The van der Waals surface area contributed by atoms with Crippen molar-refractivity contribution in [2.75, 3.05) is 19.0 Å². The molecule has 6 atom stereocenters. The SMILES string of the molecule is COC1CC(C(=O)N[C@H](C(=O)N2C[C@H]3[C@@H]([C@H]2C(=O)N[C@H](C#N)C[C@@H]2Oc4ccccc4NC2=O)C3(C)C)C(C)(C)C)C1. The largest absolute Gasteiger partial charge is 0.478 e. The summed E-state index contributed by atoms with van der Waals surface area (Å²) < 4.78 is 11.1. The molecule has 11 nitrogen and oxygen atoms in total. The number of amides is 4. The number of hydrogen-bond donors (Lipinski definition) is 3. The number of benzene rings is 1. The molecule has 4 aliphatic rings. The van der Waals surface area contributed by atoms with Gasteiger partial charge in [-0.05, 0) is 47.6 Å². The Hall–Kier alpha value is -3.65. The Kier molecular flexibility index (Phi) is 7.73. The monoisotopic (exact) mass is 579 g/mol. The predicted molar refractivity (Wildman–Crippen MR) is 153 cm³/mol. The average molecular weight is 580 g/mol. The van der Waals surface area contributed by atoms with Crippen LogP contribution in [0.5, 0.6) is 5.75 Å². The number of carbonyl (C=O) groups excluding carboxylic acids is 4. The van der Waals surface area contributed by atoms with E-state index in [-0.39, 0.29) is 47.5 Å². The van der Waals surface area contributed by atoms with E-state index in [1.807, 2.05) is 20.8 Å². The lowest BCUT2D eigenvalue weighted by atomic mass is 9.80. The number of rotatable bonds is 8. The van der Waals surface area contributed by atoms with Crippen molar-refractivity contribution in [3.8, 4) is 11.8 Å². The molecule has 0 unspecified atom stereocenters. The van der Waals surface area contributed by atoms with Crippen molar-refractivity contribution in [3.05, 3.63) is 24.3 Å². The molecule has 3 N–H and O–H groups in total. The molecule has 0 radical (unpaired) electrons. The van der Waals surface area contributed by atoms with Gasteiger partial charge in [0.1, 0.15) is 23.9 Å². The molecule has 42 heavy (non-hydrogen) atoms. The summed E-state index contributed by atoms with van der Waals surface area (Å²) >= 11 is 0. The van der Waals surface area contributed by atoms with E-state index in [1.54, 1.807) is 36.3 Å². The maximum absolute atomic E-state index is 14.1. The van der Waals surface area contributed by atoms with Gasteiger partial charge in [0, 0.05) is 26.0 Å². The summed E-state index contributed by atoms with van der Waals surface area (Å²) in [6, 6.07) is 6.47. The molecule has 11 heteroatoms. The summed E-state index contributed by atoms with van der Waals surface area (Å²) in [6.45, 7) is 10.2. The van der Waals surface area contributed by atoms with Gasteiger partial charge in [0.25, 0.3) is 5.91 Å². The van der Waals surface area contributed by atoms with E-state index in [0.717, 1.165) is 0 Å². The number of likely N-dealkylation sites (tertiary alicyclic amines) is 1. The number of anilines is 1. The molecule has 1 aromatic carbocycles. The zero-order valence-corrected chi connectivity index (χ0v) is 25.1.